The summed E-state index contributed by atoms with van der Waals surface area (Å²) in [5, 5.41) is 1.16. The van der Waals surface area contributed by atoms with Gasteiger partial charge in [-0.3, -0.25) is 9.88 Å². The van der Waals surface area contributed by atoms with Crippen molar-refractivity contribution in [2.24, 2.45) is 0 Å². The second-order valence-corrected chi connectivity index (χ2v) is 8.60. The van der Waals surface area contributed by atoms with Crippen molar-refractivity contribution in [2.45, 2.75) is 12.6 Å². The SMILES string of the molecule is CN(C)c1nc2ccccc2cc1CN1CCO[C@H](c2ccc(-c3ccc(N)nc3)cn2)C1. The van der Waals surface area contributed by atoms with Gasteiger partial charge in [-0.1, -0.05) is 24.3 Å². The van der Waals surface area contributed by atoms with Crippen LogP contribution in [0.5, 0.6) is 0 Å². The molecule has 7 heteroatoms. The smallest absolute Gasteiger partial charge is 0.133 e. The van der Waals surface area contributed by atoms with Crippen molar-refractivity contribution >= 4 is 22.5 Å². The Morgan fingerprint density at radius 1 is 1.03 bits per heavy atom. The summed E-state index contributed by atoms with van der Waals surface area (Å²) in [6.45, 7) is 3.16. The molecule has 1 saturated heterocycles. The Morgan fingerprint density at radius 3 is 2.55 bits per heavy atom. The van der Waals surface area contributed by atoms with Gasteiger partial charge >= 0.3 is 0 Å². The zero-order valence-electron chi connectivity index (χ0n) is 19.0. The molecule has 0 spiro atoms. The molecule has 1 fully saturated rings. The first-order valence-corrected chi connectivity index (χ1v) is 11.1. The summed E-state index contributed by atoms with van der Waals surface area (Å²) in [7, 11) is 4.09. The number of nitrogens with zero attached hydrogens (tertiary/aromatic N) is 5. The third kappa shape index (κ3) is 4.65. The Labute approximate surface area is 193 Å². The molecule has 33 heavy (non-hydrogen) atoms. The average Bonchev–Trinajstić information content (AvgIpc) is 2.84. The molecule has 3 aromatic heterocycles. The summed E-state index contributed by atoms with van der Waals surface area (Å²) < 4.78 is 6.08. The van der Waals surface area contributed by atoms with E-state index in [4.69, 9.17) is 20.4 Å². The molecule has 4 aromatic rings. The topological polar surface area (TPSA) is 80.4 Å². The Morgan fingerprint density at radius 2 is 1.82 bits per heavy atom. The zero-order valence-corrected chi connectivity index (χ0v) is 19.0. The van der Waals surface area contributed by atoms with Crippen molar-refractivity contribution in [1.29, 1.82) is 0 Å². The summed E-state index contributed by atoms with van der Waals surface area (Å²) in [5.74, 6) is 1.52. The maximum absolute atomic E-state index is 6.08. The molecule has 1 atom stereocenters. The van der Waals surface area contributed by atoms with E-state index in [1.54, 1.807) is 12.3 Å². The van der Waals surface area contributed by atoms with E-state index in [9.17, 15) is 0 Å². The van der Waals surface area contributed by atoms with Crippen molar-refractivity contribution in [3.05, 3.63) is 78.2 Å². The summed E-state index contributed by atoms with van der Waals surface area (Å²) >= 11 is 0. The Balaban J connectivity index is 1.33. The van der Waals surface area contributed by atoms with Crippen LogP contribution in [-0.4, -0.2) is 53.6 Å². The molecule has 1 aliphatic heterocycles. The number of hydrogen-bond donors (Lipinski definition) is 1. The third-order valence-corrected chi connectivity index (χ3v) is 5.98. The molecule has 0 bridgehead atoms. The predicted molar refractivity (Wildman–Crippen MR) is 132 cm³/mol. The largest absolute Gasteiger partial charge is 0.384 e. The maximum atomic E-state index is 6.08. The normalized spacial score (nSPS) is 16.7. The second-order valence-electron chi connectivity index (χ2n) is 8.60. The molecular weight excluding hydrogens is 412 g/mol. The van der Waals surface area contributed by atoms with Crippen molar-refractivity contribution < 1.29 is 4.74 Å². The fourth-order valence-corrected chi connectivity index (χ4v) is 4.26. The quantitative estimate of drug-likeness (QED) is 0.504. The number of aromatic nitrogens is 3. The highest BCUT2D eigenvalue weighted by Crippen LogP contribution is 2.28. The zero-order chi connectivity index (χ0) is 22.8. The van der Waals surface area contributed by atoms with Crippen LogP contribution in [0.4, 0.5) is 11.6 Å². The van der Waals surface area contributed by atoms with E-state index in [0.29, 0.717) is 12.4 Å². The number of hydrogen-bond acceptors (Lipinski definition) is 7. The van der Waals surface area contributed by atoms with Crippen LogP contribution in [0, 0.1) is 0 Å². The Bertz CT molecular complexity index is 1240. The minimum absolute atomic E-state index is 0.0615. The molecule has 168 valence electrons. The molecule has 0 aliphatic carbocycles. The lowest BCUT2D eigenvalue weighted by atomic mass is 10.1. The highest BCUT2D eigenvalue weighted by atomic mass is 16.5. The molecule has 0 radical (unpaired) electrons. The van der Waals surface area contributed by atoms with Crippen molar-refractivity contribution in [2.75, 3.05) is 44.4 Å². The third-order valence-electron chi connectivity index (χ3n) is 5.98. The van der Waals surface area contributed by atoms with Crippen LogP contribution in [0.15, 0.2) is 67.0 Å². The lowest BCUT2D eigenvalue weighted by Crippen LogP contribution is -2.38. The van der Waals surface area contributed by atoms with Crippen LogP contribution in [0.3, 0.4) is 0 Å². The molecule has 4 heterocycles. The van der Waals surface area contributed by atoms with E-state index in [1.807, 2.05) is 38.5 Å². The van der Waals surface area contributed by atoms with Gasteiger partial charge in [0.2, 0.25) is 0 Å². The number of fused-ring (bicyclic) bond motifs is 1. The number of benzene rings is 1. The molecule has 5 rings (SSSR count). The first-order valence-electron chi connectivity index (χ1n) is 11.1. The van der Waals surface area contributed by atoms with Crippen molar-refractivity contribution in [3.8, 4) is 11.1 Å². The number of ether oxygens (including phenoxy) is 1. The molecule has 0 saturated carbocycles. The number of nitrogens with two attached hydrogens (primary N) is 1. The lowest BCUT2D eigenvalue weighted by Gasteiger charge is -2.33. The standard InChI is InChI=1S/C26H28N6O/c1-31(2)26-21(13-18-5-3-4-6-22(18)30-26)16-32-11-12-33-24(17-32)23-9-7-19(14-28-23)20-8-10-25(27)29-15-20/h3-10,13-15,24H,11-12,16-17H2,1-2H3,(H2,27,29)/t24-/m0/s1. The van der Waals surface area contributed by atoms with Gasteiger partial charge in [0, 0.05) is 68.2 Å². The molecule has 7 nitrogen and oxygen atoms in total. The van der Waals surface area contributed by atoms with Crippen LogP contribution < -0.4 is 10.6 Å². The van der Waals surface area contributed by atoms with Crippen LogP contribution in [0.1, 0.15) is 17.4 Å². The fourth-order valence-electron chi connectivity index (χ4n) is 4.26. The highest BCUT2D eigenvalue weighted by Gasteiger charge is 2.24. The molecule has 0 amide bonds. The second kappa shape index (κ2) is 9.13. The van der Waals surface area contributed by atoms with Gasteiger partial charge in [0.15, 0.2) is 0 Å². The number of para-hydroxylation sites is 1. The molecular formula is C26H28N6O. The van der Waals surface area contributed by atoms with E-state index in [1.165, 1.54) is 5.56 Å². The maximum Gasteiger partial charge on any atom is 0.133 e. The minimum Gasteiger partial charge on any atom is -0.384 e. The number of anilines is 2. The molecule has 2 N–H and O–H groups in total. The summed E-state index contributed by atoms with van der Waals surface area (Å²) in [6.07, 6.45) is 3.58. The molecule has 1 aliphatic rings. The van der Waals surface area contributed by atoms with Gasteiger partial charge in [-0.25, -0.2) is 9.97 Å². The fraction of sp³-hybridized carbons (Fsp3) is 0.269. The summed E-state index contributed by atoms with van der Waals surface area (Å²) in [6, 6.07) is 18.4. The minimum atomic E-state index is -0.0615. The number of nitrogen functional groups attached to an aromatic ring is 1. The average molecular weight is 441 g/mol. The first-order chi connectivity index (χ1) is 16.1. The van der Waals surface area contributed by atoms with E-state index in [-0.39, 0.29) is 6.10 Å². The van der Waals surface area contributed by atoms with Crippen LogP contribution >= 0.6 is 0 Å². The van der Waals surface area contributed by atoms with Gasteiger partial charge in [-0.15, -0.1) is 0 Å². The van der Waals surface area contributed by atoms with Gasteiger partial charge in [-0.05, 0) is 30.3 Å². The van der Waals surface area contributed by atoms with Crippen LogP contribution in [0.2, 0.25) is 0 Å². The Hall–Kier alpha value is -3.55. The highest BCUT2D eigenvalue weighted by molar-refractivity contribution is 5.81. The van der Waals surface area contributed by atoms with Crippen LogP contribution in [0.25, 0.3) is 22.0 Å². The Kier molecular flexibility index (Phi) is 5.90. The molecule has 1 aromatic carbocycles. The predicted octanol–water partition coefficient (Wildman–Crippen LogP) is 3.91. The number of morpholine rings is 1. The van der Waals surface area contributed by atoms with Gasteiger partial charge < -0.3 is 15.4 Å². The summed E-state index contributed by atoms with van der Waals surface area (Å²) in [5.41, 5.74) is 10.9. The summed E-state index contributed by atoms with van der Waals surface area (Å²) in [4.78, 5) is 18.3. The van der Waals surface area contributed by atoms with Gasteiger partial charge in [0.05, 0.1) is 17.8 Å². The van der Waals surface area contributed by atoms with E-state index in [2.05, 4.69) is 45.1 Å². The van der Waals surface area contributed by atoms with Crippen molar-refractivity contribution in [3.63, 3.8) is 0 Å². The van der Waals surface area contributed by atoms with E-state index >= 15 is 0 Å². The monoisotopic (exact) mass is 440 g/mol. The van der Waals surface area contributed by atoms with Crippen molar-refractivity contribution in [1.82, 2.24) is 19.9 Å². The lowest BCUT2D eigenvalue weighted by molar-refractivity contribution is -0.0349. The first kappa shape index (κ1) is 21.3. The number of pyridine rings is 3. The van der Waals surface area contributed by atoms with Gasteiger partial charge in [0.1, 0.15) is 17.7 Å². The van der Waals surface area contributed by atoms with E-state index in [0.717, 1.165) is 53.2 Å². The van der Waals surface area contributed by atoms with E-state index < -0.39 is 0 Å². The van der Waals surface area contributed by atoms with Gasteiger partial charge in [-0.2, -0.15) is 0 Å². The van der Waals surface area contributed by atoms with Gasteiger partial charge in [0.25, 0.3) is 0 Å². The number of rotatable bonds is 5. The van der Waals surface area contributed by atoms with Crippen LogP contribution in [-0.2, 0) is 11.3 Å². The molecule has 0 unspecified atom stereocenters.